The molecule has 2 aromatic carbocycles. The maximum Gasteiger partial charge on any atom is 0.294 e. The number of aryl methyl sites for hydroxylation is 1. The first kappa shape index (κ1) is 27.7. The van der Waals surface area contributed by atoms with Gasteiger partial charge >= 0.3 is 0 Å². The first-order valence-electron chi connectivity index (χ1n) is 15.2. The second-order valence-electron chi connectivity index (χ2n) is 13.6. The van der Waals surface area contributed by atoms with Gasteiger partial charge in [-0.2, -0.15) is 0 Å². The van der Waals surface area contributed by atoms with E-state index >= 15 is 0 Å². The van der Waals surface area contributed by atoms with Crippen LogP contribution in [0.4, 0.5) is 17.1 Å². The molecule has 2 fully saturated rings. The van der Waals surface area contributed by atoms with Gasteiger partial charge in [-0.3, -0.25) is 19.7 Å². The van der Waals surface area contributed by atoms with Gasteiger partial charge in [-0.15, -0.1) is 0 Å². The molecular formula is C34H41N3O4. The van der Waals surface area contributed by atoms with E-state index in [1.54, 1.807) is 12.1 Å². The number of nitrogens with zero attached hydrogens (tertiary/aromatic N) is 2. The van der Waals surface area contributed by atoms with E-state index in [1.165, 1.54) is 22.8 Å². The van der Waals surface area contributed by atoms with Gasteiger partial charge in [0.2, 0.25) is 11.8 Å². The molecule has 6 rings (SSSR count). The van der Waals surface area contributed by atoms with Crippen LogP contribution in [0.3, 0.4) is 0 Å². The lowest BCUT2D eigenvalue weighted by Crippen LogP contribution is -2.51. The Kier molecular flexibility index (Phi) is 6.82. The van der Waals surface area contributed by atoms with Gasteiger partial charge in [-0.25, -0.2) is 4.90 Å². The van der Waals surface area contributed by atoms with Crippen molar-refractivity contribution in [3.8, 4) is 0 Å². The standard InChI is InChI=1S/C34H41N3O4/c1-21(2)22-10-13-27-23(18-22)11-15-30-33(3,16-7-17-34(27,30)4)20-35-28-14-12-24(19-29(28)37(40)41)36-31(38)25-8-5-6-9-26(25)32(36)39/h5-6,10,12-14,18-19,21,25-26,30,35H,7-9,11,15-17,20H2,1-4H3/t25-,26-,30-,33+,34+/m1/s1. The number of benzene rings is 2. The van der Waals surface area contributed by atoms with Crippen molar-refractivity contribution in [3.05, 3.63) is 75.4 Å². The Morgan fingerprint density at radius 1 is 1.02 bits per heavy atom. The monoisotopic (exact) mass is 555 g/mol. The molecule has 216 valence electrons. The molecule has 0 spiro atoms. The number of carbonyl (C=O) groups is 2. The molecule has 2 amide bonds. The predicted molar refractivity (Wildman–Crippen MR) is 161 cm³/mol. The third kappa shape index (κ3) is 4.48. The van der Waals surface area contributed by atoms with Crippen molar-refractivity contribution < 1.29 is 14.5 Å². The van der Waals surface area contributed by atoms with Crippen molar-refractivity contribution in [2.45, 2.75) is 84.0 Å². The highest BCUT2D eigenvalue weighted by atomic mass is 16.6. The molecule has 2 aromatic rings. The van der Waals surface area contributed by atoms with Crippen molar-refractivity contribution in [3.63, 3.8) is 0 Å². The highest BCUT2D eigenvalue weighted by molar-refractivity contribution is 6.22. The zero-order valence-corrected chi connectivity index (χ0v) is 24.6. The van der Waals surface area contributed by atoms with Crippen LogP contribution in [0.25, 0.3) is 0 Å². The summed E-state index contributed by atoms with van der Waals surface area (Å²) in [7, 11) is 0. The zero-order chi connectivity index (χ0) is 29.1. The van der Waals surface area contributed by atoms with Gasteiger partial charge in [0.15, 0.2) is 0 Å². The summed E-state index contributed by atoms with van der Waals surface area (Å²) in [6, 6.07) is 11.8. The van der Waals surface area contributed by atoms with Crippen LogP contribution in [-0.4, -0.2) is 23.3 Å². The molecule has 1 aliphatic heterocycles. The Bertz CT molecular complexity index is 1420. The second-order valence-corrected chi connectivity index (χ2v) is 13.6. The SMILES string of the molecule is CC(C)c1ccc2c(c1)CC[C@@H]1[C@](C)(CNc3ccc(N4C(=O)[C@@H]5CC=CC[C@H]5C4=O)cc3[N+](=O)[O-])CCC[C@@]21C. The number of carbonyl (C=O) groups excluding carboxylic acids is 2. The summed E-state index contributed by atoms with van der Waals surface area (Å²) >= 11 is 0. The van der Waals surface area contributed by atoms with Gasteiger partial charge in [0.1, 0.15) is 5.69 Å². The molecule has 7 nitrogen and oxygen atoms in total. The molecule has 5 atom stereocenters. The second kappa shape index (κ2) is 10.1. The summed E-state index contributed by atoms with van der Waals surface area (Å²) < 4.78 is 0. The van der Waals surface area contributed by atoms with Crippen LogP contribution in [0, 0.1) is 33.3 Å². The maximum absolute atomic E-state index is 13.1. The molecule has 7 heteroatoms. The van der Waals surface area contributed by atoms with Crippen molar-refractivity contribution in [1.29, 1.82) is 0 Å². The molecule has 41 heavy (non-hydrogen) atoms. The summed E-state index contributed by atoms with van der Waals surface area (Å²) in [4.78, 5) is 39.1. The summed E-state index contributed by atoms with van der Waals surface area (Å²) in [5.41, 5.74) is 5.03. The molecule has 1 saturated carbocycles. The van der Waals surface area contributed by atoms with Crippen molar-refractivity contribution >= 4 is 28.9 Å². The number of nitro benzene ring substituents is 1. The van der Waals surface area contributed by atoms with E-state index in [2.05, 4.69) is 51.2 Å². The highest BCUT2D eigenvalue weighted by Gasteiger charge is 2.52. The van der Waals surface area contributed by atoms with Crippen molar-refractivity contribution in [1.82, 2.24) is 0 Å². The quantitative estimate of drug-likeness (QED) is 0.175. The number of rotatable bonds is 6. The van der Waals surface area contributed by atoms with E-state index in [9.17, 15) is 19.7 Å². The van der Waals surface area contributed by atoms with E-state index < -0.39 is 4.92 Å². The molecule has 1 N–H and O–H groups in total. The average molecular weight is 556 g/mol. The smallest absolute Gasteiger partial charge is 0.294 e. The van der Waals surface area contributed by atoms with Crippen molar-refractivity contribution in [2.75, 3.05) is 16.8 Å². The first-order valence-corrected chi connectivity index (χ1v) is 15.2. The molecule has 1 heterocycles. The lowest BCUT2D eigenvalue weighted by atomic mass is 9.49. The molecule has 0 unspecified atom stereocenters. The Labute approximate surface area is 242 Å². The van der Waals surface area contributed by atoms with Crippen LogP contribution >= 0.6 is 0 Å². The van der Waals surface area contributed by atoms with Gasteiger partial charge in [0.25, 0.3) is 5.69 Å². The van der Waals surface area contributed by atoms with Crippen LogP contribution < -0.4 is 10.2 Å². The van der Waals surface area contributed by atoms with Crippen LogP contribution in [0.2, 0.25) is 0 Å². The van der Waals surface area contributed by atoms with Gasteiger partial charge < -0.3 is 5.32 Å². The molecule has 0 bridgehead atoms. The molecule has 0 aromatic heterocycles. The van der Waals surface area contributed by atoms with E-state index in [0.29, 0.717) is 36.9 Å². The van der Waals surface area contributed by atoms with Crippen LogP contribution in [0.5, 0.6) is 0 Å². The minimum Gasteiger partial charge on any atom is -0.379 e. The number of fused-ring (bicyclic) bond motifs is 4. The summed E-state index contributed by atoms with van der Waals surface area (Å²) in [6.45, 7) is 9.89. The normalized spacial score (nSPS) is 30.7. The minimum atomic E-state index is -0.415. The molecule has 1 saturated heterocycles. The highest BCUT2D eigenvalue weighted by Crippen LogP contribution is 2.57. The van der Waals surface area contributed by atoms with Gasteiger partial charge in [0, 0.05) is 12.6 Å². The Morgan fingerprint density at radius 2 is 1.73 bits per heavy atom. The first-order chi connectivity index (χ1) is 19.5. The number of hydrogen-bond donors (Lipinski definition) is 1. The zero-order valence-electron chi connectivity index (χ0n) is 24.6. The Hall–Kier alpha value is -3.48. The number of anilines is 2. The summed E-state index contributed by atoms with van der Waals surface area (Å²) in [6.07, 6.45) is 10.5. The maximum atomic E-state index is 13.1. The number of hydrogen-bond acceptors (Lipinski definition) is 5. The number of nitro groups is 1. The van der Waals surface area contributed by atoms with Crippen LogP contribution in [0.15, 0.2) is 48.6 Å². The largest absolute Gasteiger partial charge is 0.379 e. The van der Waals surface area contributed by atoms with Gasteiger partial charge in [-0.1, -0.05) is 64.5 Å². The topological polar surface area (TPSA) is 92.6 Å². The average Bonchev–Trinajstić information content (AvgIpc) is 3.21. The fraction of sp³-hybridized carbons (Fsp3) is 0.529. The Morgan fingerprint density at radius 3 is 2.39 bits per heavy atom. The molecule has 0 radical (unpaired) electrons. The molecule has 4 aliphatic rings. The number of allylic oxidation sites excluding steroid dienone is 2. The fourth-order valence-corrected chi connectivity index (χ4v) is 8.53. The van der Waals surface area contributed by atoms with E-state index in [1.807, 2.05) is 12.2 Å². The number of imide groups is 1. The summed E-state index contributed by atoms with van der Waals surface area (Å²) in [5.74, 6) is -0.289. The lowest BCUT2D eigenvalue weighted by molar-refractivity contribution is -0.383. The fourth-order valence-electron chi connectivity index (χ4n) is 8.53. The van der Waals surface area contributed by atoms with Crippen LogP contribution in [0.1, 0.15) is 88.8 Å². The lowest BCUT2D eigenvalue weighted by Gasteiger charge is -2.55. The van der Waals surface area contributed by atoms with E-state index in [4.69, 9.17) is 0 Å². The third-order valence-corrected chi connectivity index (χ3v) is 10.8. The Balaban J connectivity index is 1.24. The van der Waals surface area contributed by atoms with E-state index in [-0.39, 0.29) is 45.9 Å². The van der Waals surface area contributed by atoms with Gasteiger partial charge in [0.05, 0.1) is 22.4 Å². The molecule has 3 aliphatic carbocycles. The summed E-state index contributed by atoms with van der Waals surface area (Å²) in [5, 5.41) is 15.6. The number of amides is 2. The predicted octanol–water partition coefficient (Wildman–Crippen LogP) is 7.30. The van der Waals surface area contributed by atoms with E-state index in [0.717, 1.165) is 37.0 Å². The molecular weight excluding hydrogens is 514 g/mol. The minimum absolute atomic E-state index is 0.0302. The van der Waals surface area contributed by atoms with Crippen LogP contribution in [-0.2, 0) is 21.4 Å². The number of nitrogens with one attached hydrogen (secondary N) is 1. The van der Waals surface area contributed by atoms with Gasteiger partial charge in [-0.05, 0) is 90.0 Å². The third-order valence-electron chi connectivity index (χ3n) is 10.8. The van der Waals surface area contributed by atoms with Crippen molar-refractivity contribution in [2.24, 2.45) is 23.2 Å².